The van der Waals surface area contributed by atoms with Gasteiger partial charge in [-0.25, -0.2) is 0 Å². The van der Waals surface area contributed by atoms with E-state index in [2.05, 4.69) is 0 Å². The first kappa shape index (κ1) is 17.4. The van der Waals surface area contributed by atoms with Crippen LogP contribution in [0.2, 0.25) is 0 Å². The highest BCUT2D eigenvalue weighted by molar-refractivity contribution is 5.30. The molecule has 0 aliphatic carbocycles. The molecular formula is C23H24O2. The van der Waals surface area contributed by atoms with Crippen LogP contribution >= 0.6 is 0 Å². The van der Waals surface area contributed by atoms with E-state index in [4.69, 9.17) is 0 Å². The minimum absolute atomic E-state index is 0.211. The SMILES string of the molecule is CC(O)(CC(O)(Cc1ccccc1)c1ccccc1)c1ccccc1. The maximum Gasteiger partial charge on any atom is 0.0967 e. The molecule has 2 atom stereocenters. The van der Waals surface area contributed by atoms with E-state index in [1.54, 1.807) is 6.92 Å². The van der Waals surface area contributed by atoms with Crippen molar-refractivity contribution in [3.63, 3.8) is 0 Å². The summed E-state index contributed by atoms with van der Waals surface area (Å²) in [5.74, 6) is 0. The van der Waals surface area contributed by atoms with Crippen LogP contribution in [0.25, 0.3) is 0 Å². The molecule has 0 radical (unpaired) electrons. The average molecular weight is 332 g/mol. The largest absolute Gasteiger partial charge is 0.385 e. The molecule has 2 nitrogen and oxygen atoms in total. The maximum absolute atomic E-state index is 11.6. The molecule has 2 unspecified atom stereocenters. The highest BCUT2D eigenvalue weighted by Gasteiger charge is 2.38. The van der Waals surface area contributed by atoms with Gasteiger partial charge in [0.15, 0.2) is 0 Å². The number of hydrogen-bond donors (Lipinski definition) is 2. The van der Waals surface area contributed by atoms with Crippen molar-refractivity contribution in [3.05, 3.63) is 108 Å². The van der Waals surface area contributed by atoms with Crippen LogP contribution in [-0.4, -0.2) is 10.2 Å². The molecule has 0 saturated heterocycles. The van der Waals surface area contributed by atoms with Crippen LogP contribution in [0.3, 0.4) is 0 Å². The Morgan fingerprint density at radius 1 is 0.640 bits per heavy atom. The maximum atomic E-state index is 11.6. The van der Waals surface area contributed by atoms with Crippen LogP contribution in [0.5, 0.6) is 0 Å². The fourth-order valence-corrected chi connectivity index (χ4v) is 3.42. The summed E-state index contributed by atoms with van der Waals surface area (Å²) >= 11 is 0. The summed E-state index contributed by atoms with van der Waals surface area (Å²) in [6, 6.07) is 29.1. The smallest absolute Gasteiger partial charge is 0.0967 e. The van der Waals surface area contributed by atoms with E-state index < -0.39 is 11.2 Å². The van der Waals surface area contributed by atoms with Gasteiger partial charge in [0.05, 0.1) is 11.2 Å². The third kappa shape index (κ3) is 4.16. The second-order valence-corrected chi connectivity index (χ2v) is 6.88. The van der Waals surface area contributed by atoms with Crippen molar-refractivity contribution in [2.75, 3.05) is 0 Å². The second kappa shape index (κ2) is 7.22. The Bertz CT molecular complexity index is 782. The molecule has 2 N–H and O–H groups in total. The van der Waals surface area contributed by atoms with Crippen LogP contribution in [0, 0.1) is 0 Å². The molecule has 0 amide bonds. The lowest BCUT2D eigenvalue weighted by molar-refractivity contribution is -0.0630. The summed E-state index contributed by atoms with van der Waals surface area (Å²) in [4.78, 5) is 0. The van der Waals surface area contributed by atoms with Gasteiger partial charge in [0, 0.05) is 12.8 Å². The molecule has 0 fully saturated rings. The fraction of sp³-hybridized carbons (Fsp3) is 0.217. The van der Waals surface area contributed by atoms with E-state index in [1.807, 2.05) is 91.0 Å². The number of hydrogen-bond acceptors (Lipinski definition) is 2. The zero-order chi connectivity index (χ0) is 17.8. The van der Waals surface area contributed by atoms with Gasteiger partial charge in [-0.05, 0) is 23.6 Å². The molecule has 0 spiro atoms. The van der Waals surface area contributed by atoms with Gasteiger partial charge in [0.25, 0.3) is 0 Å². The van der Waals surface area contributed by atoms with Crippen molar-refractivity contribution < 1.29 is 10.2 Å². The first-order valence-electron chi connectivity index (χ1n) is 8.59. The molecule has 0 aliphatic heterocycles. The number of benzene rings is 3. The second-order valence-electron chi connectivity index (χ2n) is 6.88. The lowest BCUT2D eigenvalue weighted by Crippen LogP contribution is -2.38. The summed E-state index contributed by atoms with van der Waals surface area (Å²) in [5.41, 5.74) is 0.355. The highest BCUT2D eigenvalue weighted by Crippen LogP contribution is 2.38. The molecule has 25 heavy (non-hydrogen) atoms. The van der Waals surface area contributed by atoms with Crippen LogP contribution in [0.1, 0.15) is 30.0 Å². The Morgan fingerprint density at radius 3 is 1.60 bits per heavy atom. The Kier molecular flexibility index (Phi) is 5.03. The Hall–Kier alpha value is -2.42. The normalized spacial score (nSPS) is 16.0. The Balaban J connectivity index is 1.97. The summed E-state index contributed by atoms with van der Waals surface area (Å²) < 4.78 is 0. The standard InChI is InChI=1S/C23H24O2/c1-22(24,20-13-7-3-8-14-20)18-23(25,21-15-9-4-10-16-21)17-19-11-5-2-6-12-19/h2-16,24-25H,17-18H2,1H3. The number of rotatable bonds is 6. The Morgan fingerprint density at radius 2 is 1.08 bits per heavy atom. The topological polar surface area (TPSA) is 40.5 Å². The zero-order valence-corrected chi connectivity index (χ0v) is 14.5. The highest BCUT2D eigenvalue weighted by atomic mass is 16.3. The van der Waals surface area contributed by atoms with Gasteiger partial charge in [-0.1, -0.05) is 91.0 Å². The monoisotopic (exact) mass is 332 g/mol. The van der Waals surface area contributed by atoms with Crippen LogP contribution < -0.4 is 0 Å². The molecule has 3 aromatic rings. The summed E-state index contributed by atoms with van der Waals surface area (Å²) in [7, 11) is 0. The summed E-state index contributed by atoms with van der Waals surface area (Å²) in [6.45, 7) is 1.77. The molecule has 0 saturated carbocycles. The van der Waals surface area contributed by atoms with Crippen molar-refractivity contribution in [2.45, 2.75) is 31.0 Å². The molecular weight excluding hydrogens is 308 g/mol. The molecule has 0 aliphatic rings. The molecule has 128 valence electrons. The molecule has 0 aromatic heterocycles. The van der Waals surface area contributed by atoms with E-state index in [-0.39, 0.29) is 6.42 Å². The minimum Gasteiger partial charge on any atom is -0.385 e. The minimum atomic E-state index is -1.16. The van der Waals surface area contributed by atoms with Crippen LogP contribution in [0.4, 0.5) is 0 Å². The van der Waals surface area contributed by atoms with Gasteiger partial charge in [-0.15, -0.1) is 0 Å². The molecule has 2 heteroatoms. The van der Waals surface area contributed by atoms with E-state index >= 15 is 0 Å². The molecule has 0 bridgehead atoms. The third-order valence-electron chi connectivity index (χ3n) is 4.68. The van der Waals surface area contributed by atoms with Crippen LogP contribution in [0.15, 0.2) is 91.0 Å². The number of aliphatic hydroxyl groups is 2. The van der Waals surface area contributed by atoms with Gasteiger partial charge in [0.2, 0.25) is 0 Å². The van der Waals surface area contributed by atoms with Crippen molar-refractivity contribution >= 4 is 0 Å². The fourth-order valence-electron chi connectivity index (χ4n) is 3.42. The predicted molar refractivity (Wildman–Crippen MR) is 101 cm³/mol. The van der Waals surface area contributed by atoms with E-state index in [0.29, 0.717) is 6.42 Å². The Labute approximate surface area is 149 Å². The lowest BCUT2D eigenvalue weighted by Gasteiger charge is -2.36. The van der Waals surface area contributed by atoms with Crippen LogP contribution in [-0.2, 0) is 17.6 Å². The van der Waals surface area contributed by atoms with Gasteiger partial charge in [-0.2, -0.15) is 0 Å². The third-order valence-corrected chi connectivity index (χ3v) is 4.68. The molecule has 3 rings (SSSR count). The van der Waals surface area contributed by atoms with Gasteiger partial charge >= 0.3 is 0 Å². The van der Waals surface area contributed by atoms with E-state index in [0.717, 1.165) is 16.7 Å². The summed E-state index contributed by atoms with van der Waals surface area (Å²) in [5, 5.41) is 22.7. The predicted octanol–water partition coefficient (Wildman–Crippen LogP) is 4.41. The van der Waals surface area contributed by atoms with Crippen molar-refractivity contribution in [1.29, 1.82) is 0 Å². The zero-order valence-electron chi connectivity index (χ0n) is 14.5. The van der Waals surface area contributed by atoms with Crippen molar-refractivity contribution in [2.24, 2.45) is 0 Å². The van der Waals surface area contributed by atoms with Gasteiger partial charge in [-0.3, -0.25) is 0 Å². The summed E-state index contributed by atoms with van der Waals surface area (Å²) in [6.07, 6.45) is 0.657. The van der Waals surface area contributed by atoms with E-state index in [1.165, 1.54) is 0 Å². The quantitative estimate of drug-likeness (QED) is 0.702. The first-order valence-corrected chi connectivity index (χ1v) is 8.59. The van der Waals surface area contributed by atoms with Gasteiger partial charge < -0.3 is 10.2 Å². The van der Waals surface area contributed by atoms with Gasteiger partial charge in [0.1, 0.15) is 0 Å². The molecule has 3 aromatic carbocycles. The lowest BCUT2D eigenvalue weighted by atomic mass is 9.76. The van der Waals surface area contributed by atoms with E-state index in [9.17, 15) is 10.2 Å². The van der Waals surface area contributed by atoms with Crippen molar-refractivity contribution in [1.82, 2.24) is 0 Å². The average Bonchev–Trinajstić information content (AvgIpc) is 2.63. The van der Waals surface area contributed by atoms with Crippen molar-refractivity contribution in [3.8, 4) is 0 Å². The molecule has 0 heterocycles. The first-order chi connectivity index (χ1) is 12.0.